The Kier molecular flexibility index (Phi) is 7.96. The highest BCUT2D eigenvalue weighted by atomic mass is 35.5. The molecule has 0 atom stereocenters. The van der Waals surface area contributed by atoms with E-state index in [1.165, 1.54) is 41.2 Å². The molecule has 0 saturated heterocycles. The number of carbonyl (C=O) groups excluding carboxylic acids is 1. The predicted octanol–water partition coefficient (Wildman–Crippen LogP) is 4.45. The van der Waals surface area contributed by atoms with E-state index in [0.717, 1.165) is 15.8 Å². The lowest BCUT2D eigenvalue weighted by atomic mass is 10.1. The van der Waals surface area contributed by atoms with Crippen LogP contribution in [-0.2, 0) is 4.79 Å². The molecule has 0 aliphatic heterocycles. The second kappa shape index (κ2) is 10.0. The number of rotatable bonds is 7. The number of amides is 1. The van der Waals surface area contributed by atoms with Gasteiger partial charge in [0.15, 0.2) is 11.7 Å². The number of likely N-dealkylation sites (N-methyl/N-ethyl adjacent to an activating group) is 1. The van der Waals surface area contributed by atoms with Gasteiger partial charge in [-0.1, -0.05) is 17.4 Å². The summed E-state index contributed by atoms with van der Waals surface area (Å²) < 4.78 is 19.6. The van der Waals surface area contributed by atoms with Crippen LogP contribution < -0.4 is 9.64 Å². The van der Waals surface area contributed by atoms with Gasteiger partial charge in [-0.05, 0) is 69.4 Å². The molecular weight excluding hydrogens is 413 g/mol. The molecule has 0 radical (unpaired) electrons. The van der Waals surface area contributed by atoms with Crippen LogP contribution in [0.5, 0.6) is 5.75 Å². The van der Waals surface area contributed by atoms with Crippen molar-refractivity contribution in [3.63, 3.8) is 0 Å². The van der Waals surface area contributed by atoms with Crippen LogP contribution >= 0.6 is 23.7 Å². The monoisotopic (exact) mass is 437 g/mol. The van der Waals surface area contributed by atoms with Crippen LogP contribution in [-0.4, -0.2) is 49.6 Å². The molecule has 29 heavy (non-hydrogen) atoms. The molecular formula is C21H25ClFN3O2S. The summed E-state index contributed by atoms with van der Waals surface area (Å²) in [5.41, 5.74) is 3.19. The molecule has 156 valence electrons. The molecule has 0 aliphatic rings. The Morgan fingerprint density at radius 2 is 1.83 bits per heavy atom. The second-order valence-electron chi connectivity index (χ2n) is 7.02. The Balaban J connectivity index is 0.00000300. The maximum atomic E-state index is 13.0. The summed E-state index contributed by atoms with van der Waals surface area (Å²) in [7, 11) is 3.92. The van der Waals surface area contributed by atoms with E-state index in [1.807, 2.05) is 25.9 Å². The van der Waals surface area contributed by atoms with Crippen molar-refractivity contribution in [1.29, 1.82) is 0 Å². The van der Waals surface area contributed by atoms with Crippen LogP contribution in [0.15, 0.2) is 36.4 Å². The Morgan fingerprint density at radius 3 is 2.48 bits per heavy atom. The molecule has 3 aromatic rings. The summed E-state index contributed by atoms with van der Waals surface area (Å²) >= 11 is 1.51. The van der Waals surface area contributed by atoms with Gasteiger partial charge in [-0.2, -0.15) is 0 Å². The van der Waals surface area contributed by atoms with Crippen molar-refractivity contribution in [2.45, 2.75) is 13.8 Å². The SMILES string of the molecule is Cc1cc(C)c2nc(N(CCN(C)C)C(=O)COc3ccc(F)cc3)sc2c1.Cl. The van der Waals surface area contributed by atoms with Crippen molar-refractivity contribution < 1.29 is 13.9 Å². The van der Waals surface area contributed by atoms with Crippen LogP contribution in [0.1, 0.15) is 11.1 Å². The van der Waals surface area contributed by atoms with E-state index in [9.17, 15) is 9.18 Å². The Hall–Kier alpha value is -2.22. The van der Waals surface area contributed by atoms with Crippen molar-refractivity contribution in [3.05, 3.63) is 53.3 Å². The smallest absolute Gasteiger partial charge is 0.266 e. The quantitative estimate of drug-likeness (QED) is 0.548. The molecule has 0 bridgehead atoms. The van der Waals surface area contributed by atoms with Crippen LogP contribution in [0, 0.1) is 19.7 Å². The van der Waals surface area contributed by atoms with E-state index in [4.69, 9.17) is 9.72 Å². The van der Waals surface area contributed by atoms with E-state index < -0.39 is 0 Å². The van der Waals surface area contributed by atoms with Crippen molar-refractivity contribution in [2.24, 2.45) is 0 Å². The molecule has 1 amide bonds. The minimum atomic E-state index is -0.341. The zero-order valence-corrected chi connectivity index (χ0v) is 18.6. The van der Waals surface area contributed by atoms with Crippen LogP contribution in [0.3, 0.4) is 0 Å². The molecule has 0 saturated carbocycles. The molecule has 2 aromatic carbocycles. The summed E-state index contributed by atoms with van der Waals surface area (Å²) in [6.07, 6.45) is 0. The first kappa shape index (κ1) is 23.1. The molecule has 3 rings (SSSR count). The lowest BCUT2D eigenvalue weighted by Crippen LogP contribution is -2.39. The van der Waals surface area contributed by atoms with E-state index in [1.54, 1.807) is 4.90 Å². The summed E-state index contributed by atoms with van der Waals surface area (Å²) in [5.74, 6) is -0.0656. The first-order valence-corrected chi connectivity index (χ1v) is 9.86. The fourth-order valence-corrected chi connectivity index (χ4v) is 4.04. The van der Waals surface area contributed by atoms with Crippen LogP contribution in [0.2, 0.25) is 0 Å². The average molecular weight is 438 g/mol. The molecule has 0 unspecified atom stereocenters. The largest absolute Gasteiger partial charge is 0.484 e. The molecule has 0 N–H and O–H groups in total. The molecule has 5 nitrogen and oxygen atoms in total. The van der Waals surface area contributed by atoms with Crippen molar-refractivity contribution in [2.75, 3.05) is 38.7 Å². The molecule has 0 fully saturated rings. The molecule has 8 heteroatoms. The van der Waals surface area contributed by atoms with Gasteiger partial charge in [0, 0.05) is 13.1 Å². The number of hydrogen-bond donors (Lipinski definition) is 0. The van der Waals surface area contributed by atoms with Gasteiger partial charge in [0.1, 0.15) is 11.6 Å². The second-order valence-corrected chi connectivity index (χ2v) is 8.03. The number of thiazole rings is 1. The Bertz CT molecular complexity index is 976. The average Bonchev–Trinajstić information content (AvgIpc) is 3.05. The summed E-state index contributed by atoms with van der Waals surface area (Å²) in [6, 6.07) is 9.82. The third-order valence-corrected chi connectivity index (χ3v) is 5.32. The molecule has 0 spiro atoms. The molecule has 1 heterocycles. The number of aromatic nitrogens is 1. The number of halogens is 2. The summed E-state index contributed by atoms with van der Waals surface area (Å²) in [4.78, 5) is 21.3. The highest BCUT2D eigenvalue weighted by Gasteiger charge is 2.21. The lowest BCUT2D eigenvalue weighted by molar-refractivity contribution is -0.120. The molecule has 1 aromatic heterocycles. The summed E-state index contributed by atoms with van der Waals surface area (Å²) in [5, 5.41) is 0.665. The van der Waals surface area contributed by atoms with Crippen LogP contribution in [0.4, 0.5) is 9.52 Å². The number of aryl methyl sites for hydroxylation is 2. The van der Waals surface area contributed by atoms with Crippen molar-refractivity contribution in [3.8, 4) is 5.75 Å². The number of fused-ring (bicyclic) bond motifs is 1. The maximum absolute atomic E-state index is 13.0. The number of ether oxygens (including phenoxy) is 1. The fourth-order valence-electron chi connectivity index (χ4n) is 2.86. The van der Waals surface area contributed by atoms with E-state index in [-0.39, 0.29) is 30.7 Å². The zero-order chi connectivity index (χ0) is 20.3. The maximum Gasteiger partial charge on any atom is 0.266 e. The van der Waals surface area contributed by atoms with E-state index >= 15 is 0 Å². The first-order valence-electron chi connectivity index (χ1n) is 9.05. The number of benzene rings is 2. The van der Waals surface area contributed by atoms with Gasteiger partial charge in [0.05, 0.1) is 10.2 Å². The van der Waals surface area contributed by atoms with Crippen LogP contribution in [0.25, 0.3) is 10.2 Å². The highest BCUT2D eigenvalue weighted by molar-refractivity contribution is 7.22. The zero-order valence-electron chi connectivity index (χ0n) is 16.9. The number of carbonyl (C=O) groups is 1. The van der Waals surface area contributed by atoms with Gasteiger partial charge in [0.25, 0.3) is 5.91 Å². The normalized spacial score (nSPS) is 10.8. The molecule has 0 aliphatic carbocycles. The minimum Gasteiger partial charge on any atom is -0.484 e. The predicted molar refractivity (Wildman–Crippen MR) is 119 cm³/mol. The fraction of sp³-hybridized carbons (Fsp3) is 0.333. The Labute approximate surface area is 180 Å². The van der Waals surface area contributed by atoms with E-state index in [2.05, 4.69) is 19.1 Å². The van der Waals surface area contributed by atoms with Gasteiger partial charge in [-0.15, -0.1) is 12.4 Å². The first-order chi connectivity index (χ1) is 13.3. The van der Waals surface area contributed by atoms with Crippen molar-refractivity contribution in [1.82, 2.24) is 9.88 Å². The van der Waals surface area contributed by atoms with Gasteiger partial charge >= 0.3 is 0 Å². The van der Waals surface area contributed by atoms with E-state index in [0.29, 0.717) is 24.0 Å². The van der Waals surface area contributed by atoms with Crippen molar-refractivity contribution >= 4 is 45.0 Å². The number of anilines is 1. The third kappa shape index (κ3) is 5.88. The Morgan fingerprint density at radius 1 is 1.14 bits per heavy atom. The number of nitrogens with zero attached hydrogens (tertiary/aromatic N) is 3. The van der Waals surface area contributed by atoms with Gasteiger partial charge in [-0.3, -0.25) is 9.69 Å². The third-order valence-electron chi connectivity index (χ3n) is 4.30. The van der Waals surface area contributed by atoms with Gasteiger partial charge in [-0.25, -0.2) is 9.37 Å². The lowest BCUT2D eigenvalue weighted by Gasteiger charge is -2.22. The highest BCUT2D eigenvalue weighted by Crippen LogP contribution is 2.31. The standard InChI is InChI=1S/C21H24FN3O2S.ClH/c1-14-11-15(2)20-18(12-14)28-21(23-20)25(10-9-24(3)4)19(26)13-27-17-7-5-16(22)6-8-17;/h5-8,11-12H,9-10,13H2,1-4H3;1H. The summed E-state index contributed by atoms with van der Waals surface area (Å²) in [6.45, 7) is 5.17. The van der Waals surface area contributed by atoms with Gasteiger partial charge in [0.2, 0.25) is 0 Å². The topological polar surface area (TPSA) is 45.7 Å². The minimum absolute atomic E-state index is 0. The van der Waals surface area contributed by atoms with Gasteiger partial charge < -0.3 is 9.64 Å². The number of hydrogen-bond acceptors (Lipinski definition) is 5.